The maximum Gasteiger partial charge on any atom is 0.0659 e. The minimum absolute atomic E-state index is 0.905. The van der Waals surface area contributed by atoms with Crippen LogP contribution in [0.25, 0.3) is 0 Å². The molecule has 0 fully saturated rings. The summed E-state index contributed by atoms with van der Waals surface area (Å²) < 4.78 is 0. The van der Waals surface area contributed by atoms with Crippen LogP contribution >= 0.6 is 0 Å². The van der Waals surface area contributed by atoms with Crippen molar-refractivity contribution in [2.24, 2.45) is 5.10 Å². The van der Waals surface area contributed by atoms with Crippen molar-refractivity contribution in [1.82, 2.24) is 0 Å². The summed E-state index contributed by atoms with van der Waals surface area (Å²) in [5.41, 5.74) is 10.8. The molecule has 2 aromatic rings. The van der Waals surface area contributed by atoms with Gasteiger partial charge in [0.15, 0.2) is 0 Å². The van der Waals surface area contributed by atoms with E-state index in [1.165, 1.54) is 39.0 Å². The average molecular weight is 357 g/mol. The zero-order valence-electron chi connectivity index (χ0n) is 17.0. The summed E-state index contributed by atoms with van der Waals surface area (Å²) >= 11 is 0. The van der Waals surface area contributed by atoms with Crippen LogP contribution in [0.1, 0.15) is 37.5 Å². The van der Waals surface area contributed by atoms with Crippen LogP contribution in [0.5, 0.6) is 0 Å². The second kappa shape index (κ2) is 7.79. The van der Waals surface area contributed by atoms with Gasteiger partial charge in [0.1, 0.15) is 0 Å². The Morgan fingerprint density at radius 2 is 1.67 bits per heavy atom. The first-order valence-corrected chi connectivity index (χ1v) is 9.40. The van der Waals surface area contributed by atoms with Crippen LogP contribution in [-0.4, -0.2) is 6.21 Å². The molecule has 1 heterocycles. The Kier molecular flexibility index (Phi) is 5.46. The topological polar surface area (TPSA) is 15.6 Å². The Labute approximate surface area is 163 Å². The van der Waals surface area contributed by atoms with Gasteiger partial charge in [-0.15, -0.1) is 0 Å². The Hall–Kier alpha value is -2.87. The van der Waals surface area contributed by atoms with Crippen LogP contribution in [0, 0.1) is 13.8 Å². The third kappa shape index (κ3) is 4.11. The lowest BCUT2D eigenvalue weighted by Gasteiger charge is -2.30. The van der Waals surface area contributed by atoms with E-state index in [9.17, 15) is 0 Å². The van der Waals surface area contributed by atoms with Crippen molar-refractivity contribution in [3.05, 3.63) is 99.8 Å². The van der Waals surface area contributed by atoms with Crippen LogP contribution in [-0.2, 0) is 6.42 Å². The fourth-order valence-electron chi connectivity index (χ4n) is 3.49. The van der Waals surface area contributed by atoms with Gasteiger partial charge >= 0.3 is 0 Å². The molecule has 138 valence electrons. The summed E-state index contributed by atoms with van der Waals surface area (Å²) in [4.78, 5) is 0. The second-order valence-corrected chi connectivity index (χ2v) is 7.57. The van der Waals surface area contributed by atoms with Gasteiger partial charge in [-0.3, -0.25) is 0 Å². The van der Waals surface area contributed by atoms with Crippen molar-refractivity contribution < 1.29 is 0 Å². The maximum absolute atomic E-state index is 4.68. The molecule has 2 aromatic carbocycles. The highest BCUT2D eigenvalue weighted by Gasteiger charge is 2.23. The summed E-state index contributed by atoms with van der Waals surface area (Å²) in [6, 6.07) is 17.1. The molecule has 2 heteroatoms. The zero-order chi connectivity index (χ0) is 19.6. The van der Waals surface area contributed by atoms with E-state index in [0.29, 0.717) is 0 Å². The van der Waals surface area contributed by atoms with Crippen LogP contribution in [0.15, 0.2) is 88.2 Å². The molecule has 3 rings (SSSR count). The number of allylic oxidation sites excluding steroid dienone is 3. The molecule has 0 aliphatic carbocycles. The van der Waals surface area contributed by atoms with Gasteiger partial charge in [-0.1, -0.05) is 65.3 Å². The molecular formula is C25H28N2. The molecule has 0 unspecified atom stereocenters. The molecule has 1 aliphatic rings. The predicted octanol–water partition coefficient (Wildman–Crippen LogP) is 6.52. The summed E-state index contributed by atoms with van der Waals surface area (Å²) in [5, 5.41) is 6.63. The van der Waals surface area contributed by atoms with Crippen LogP contribution in [0.4, 0.5) is 5.69 Å². The van der Waals surface area contributed by atoms with Gasteiger partial charge in [0.25, 0.3) is 0 Å². The van der Waals surface area contributed by atoms with E-state index in [2.05, 4.69) is 94.8 Å². The Morgan fingerprint density at radius 3 is 2.30 bits per heavy atom. The van der Waals surface area contributed by atoms with Crippen molar-refractivity contribution in [2.75, 3.05) is 5.01 Å². The van der Waals surface area contributed by atoms with E-state index in [0.717, 1.165) is 17.8 Å². The number of nitrogens with zero attached hydrogens (tertiary/aromatic N) is 2. The normalized spacial score (nSPS) is 16.0. The smallest absolute Gasteiger partial charge is 0.0659 e. The zero-order valence-corrected chi connectivity index (χ0v) is 17.0. The molecule has 0 N–H and O–H groups in total. The quantitative estimate of drug-likeness (QED) is 0.611. The lowest BCUT2D eigenvalue weighted by Crippen LogP contribution is -2.24. The minimum Gasteiger partial charge on any atom is -0.234 e. The Morgan fingerprint density at radius 1 is 0.963 bits per heavy atom. The van der Waals surface area contributed by atoms with E-state index in [4.69, 9.17) is 0 Å². The van der Waals surface area contributed by atoms with Crippen molar-refractivity contribution >= 4 is 11.9 Å². The Bertz CT molecular complexity index is 952. The predicted molar refractivity (Wildman–Crippen MR) is 117 cm³/mol. The third-order valence-corrected chi connectivity index (χ3v) is 4.91. The highest BCUT2D eigenvalue weighted by Crippen LogP contribution is 2.34. The monoisotopic (exact) mass is 356 g/mol. The van der Waals surface area contributed by atoms with Gasteiger partial charge < -0.3 is 0 Å². The van der Waals surface area contributed by atoms with E-state index >= 15 is 0 Å². The van der Waals surface area contributed by atoms with Gasteiger partial charge in [-0.2, -0.15) is 5.10 Å². The van der Waals surface area contributed by atoms with Crippen LogP contribution < -0.4 is 5.01 Å². The van der Waals surface area contributed by atoms with Crippen LogP contribution in [0.3, 0.4) is 0 Å². The van der Waals surface area contributed by atoms with E-state index in [1.54, 1.807) is 0 Å². The van der Waals surface area contributed by atoms with Gasteiger partial charge in [0.2, 0.25) is 0 Å². The number of rotatable bonds is 3. The standard InChI is InChI=1S/C25H28N2/c1-17(2)24-16-26-27(23-12-10-18(3)11-13-23)21(6)25(24)20(5)15-22-9-7-8-19(4)14-22/h7-14,16H,6,15H2,1-5H3/b25-20-. The molecule has 1 aliphatic heterocycles. The lowest BCUT2D eigenvalue weighted by molar-refractivity contribution is 0.973. The van der Waals surface area contributed by atoms with Gasteiger partial charge in [0.05, 0.1) is 17.6 Å². The molecule has 0 bridgehead atoms. The minimum atomic E-state index is 0.905. The number of hydrogen-bond acceptors (Lipinski definition) is 2. The van der Waals surface area contributed by atoms with E-state index in [-0.39, 0.29) is 0 Å². The summed E-state index contributed by atoms with van der Waals surface area (Å²) in [6.45, 7) is 15.1. The molecule has 27 heavy (non-hydrogen) atoms. The number of benzene rings is 2. The molecular weight excluding hydrogens is 328 g/mol. The van der Waals surface area contributed by atoms with E-state index in [1.807, 2.05) is 11.2 Å². The molecule has 0 saturated heterocycles. The SMILES string of the molecule is C=C1/C(=C(\C)Cc2cccc(C)c2)C(=C(C)C)C=NN1c1ccc(C)cc1. The second-order valence-electron chi connectivity index (χ2n) is 7.57. The van der Waals surface area contributed by atoms with Gasteiger partial charge in [-0.25, -0.2) is 5.01 Å². The number of hydrogen-bond donors (Lipinski definition) is 0. The number of hydrazone groups is 1. The third-order valence-electron chi connectivity index (χ3n) is 4.91. The summed E-state index contributed by atoms with van der Waals surface area (Å²) in [6.07, 6.45) is 2.88. The Balaban J connectivity index is 2.04. The largest absolute Gasteiger partial charge is 0.234 e. The molecule has 0 atom stereocenters. The summed E-state index contributed by atoms with van der Waals surface area (Å²) in [5.74, 6) is 0. The lowest BCUT2D eigenvalue weighted by atomic mass is 9.90. The van der Waals surface area contributed by atoms with Crippen molar-refractivity contribution in [3.8, 4) is 0 Å². The fourth-order valence-corrected chi connectivity index (χ4v) is 3.49. The molecule has 2 nitrogen and oxygen atoms in total. The number of anilines is 1. The summed E-state index contributed by atoms with van der Waals surface area (Å²) in [7, 11) is 0. The first kappa shape index (κ1) is 18.9. The average Bonchev–Trinajstić information content (AvgIpc) is 2.62. The molecule has 0 radical (unpaired) electrons. The van der Waals surface area contributed by atoms with Gasteiger partial charge in [0, 0.05) is 11.1 Å². The highest BCUT2D eigenvalue weighted by atomic mass is 15.5. The molecule has 0 saturated carbocycles. The first-order chi connectivity index (χ1) is 12.9. The first-order valence-electron chi connectivity index (χ1n) is 9.40. The van der Waals surface area contributed by atoms with Crippen molar-refractivity contribution in [2.45, 2.75) is 41.0 Å². The van der Waals surface area contributed by atoms with Crippen molar-refractivity contribution in [3.63, 3.8) is 0 Å². The van der Waals surface area contributed by atoms with Crippen molar-refractivity contribution in [1.29, 1.82) is 0 Å². The molecule has 0 aromatic heterocycles. The van der Waals surface area contributed by atoms with Crippen LogP contribution in [0.2, 0.25) is 0 Å². The fraction of sp³-hybridized carbons (Fsp3) is 0.240. The van der Waals surface area contributed by atoms with Gasteiger partial charge in [-0.05, 0) is 58.7 Å². The highest BCUT2D eigenvalue weighted by molar-refractivity contribution is 5.92. The maximum atomic E-state index is 4.68. The van der Waals surface area contributed by atoms with E-state index < -0.39 is 0 Å². The molecule has 0 amide bonds. The molecule has 0 spiro atoms. The number of aryl methyl sites for hydroxylation is 2.